The molecule has 1 atom stereocenters. The molecule has 116 valence electrons. The first-order chi connectivity index (χ1) is 11.1. The third kappa shape index (κ3) is 2.87. The van der Waals surface area contributed by atoms with E-state index in [9.17, 15) is 0 Å². The topological polar surface area (TPSA) is 3.24 Å². The highest BCUT2D eigenvalue weighted by molar-refractivity contribution is 5.77. The van der Waals surface area contributed by atoms with Crippen LogP contribution in [0, 0.1) is 13.8 Å². The van der Waals surface area contributed by atoms with Gasteiger partial charge in [0.05, 0.1) is 6.04 Å². The lowest BCUT2D eigenvalue weighted by molar-refractivity contribution is 0.467. The van der Waals surface area contributed by atoms with E-state index in [0.29, 0.717) is 0 Å². The first kappa shape index (κ1) is 15.4. The van der Waals surface area contributed by atoms with Crippen molar-refractivity contribution in [3.05, 3.63) is 95.6 Å². The highest BCUT2D eigenvalue weighted by Crippen LogP contribution is 2.32. The zero-order chi connectivity index (χ0) is 16.4. The molecular weight excluding hydrogens is 278 g/mol. The van der Waals surface area contributed by atoms with Crippen LogP contribution >= 0.6 is 0 Å². The number of allylic oxidation sites excluding steroid dienone is 2. The normalized spacial score (nSPS) is 17.1. The van der Waals surface area contributed by atoms with E-state index >= 15 is 0 Å². The molecule has 0 radical (unpaired) electrons. The van der Waals surface area contributed by atoms with Crippen LogP contribution in [-0.4, -0.2) is 18.0 Å². The zero-order valence-corrected chi connectivity index (χ0v) is 14.1. The second kappa shape index (κ2) is 6.29. The smallest absolute Gasteiger partial charge is 0.0726 e. The van der Waals surface area contributed by atoms with Gasteiger partial charge in [-0.05, 0) is 42.2 Å². The second-order valence-corrected chi connectivity index (χ2v) is 6.15. The van der Waals surface area contributed by atoms with Gasteiger partial charge in [-0.3, -0.25) is 0 Å². The first-order valence-corrected chi connectivity index (χ1v) is 8.01. The van der Waals surface area contributed by atoms with Gasteiger partial charge in [0.1, 0.15) is 0 Å². The van der Waals surface area contributed by atoms with Gasteiger partial charge >= 0.3 is 0 Å². The van der Waals surface area contributed by atoms with Crippen LogP contribution in [0.3, 0.4) is 0 Å². The Kier molecular flexibility index (Phi) is 4.20. The minimum Gasteiger partial charge on any atom is -0.364 e. The fourth-order valence-corrected chi connectivity index (χ4v) is 3.23. The summed E-state index contributed by atoms with van der Waals surface area (Å²) in [5.74, 6) is 0. The van der Waals surface area contributed by atoms with Gasteiger partial charge < -0.3 is 4.90 Å². The van der Waals surface area contributed by atoms with Crippen molar-refractivity contribution in [1.29, 1.82) is 0 Å². The molecule has 0 N–H and O–H groups in total. The Morgan fingerprint density at radius 2 is 1.61 bits per heavy atom. The Hall–Kier alpha value is -2.54. The Morgan fingerprint density at radius 3 is 2.30 bits per heavy atom. The lowest BCUT2D eigenvalue weighted by Crippen LogP contribution is -2.31. The highest BCUT2D eigenvalue weighted by atomic mass is 15.1. The molecule has 1 aliphatic heterocycles. The van der Waals surface area contributed by atoms with Gasteiger partial charge in [-0.2, -0.15) is 0 Å². The van der Waals surface area contributed by atoms with E-state index < -0.39 is 0 Å². The first-order valence-electron chi connectivity index (χ1n) is 8.01. The monoisotopic (exact) mass is 301 g/mol. The molecule has 0 saturated carbocycles. The summed E-state index contributed by atoms with van der Waals surface area (Å²) >= 11 is 0. The molecule has 3 rings (SSSR count). The largest absolute Gasteiger partial charge is 0.364 e. The molecule has 0 bridgehead atoms. The SMILES string of the molecule is C=C(c1ccccc1C)C1C=CC=C(c2ccccc2C)N1C. The van der Waals surface area contributed by atoms with Crippen molar-refractivity contribution in [3.8, 4) is 0 Å². The highest BCUT2D eigenvalue weighted by Gasteiger charge is 2.23. The van der Waals surface area contributed by atoms with Crippen molar-refractivity contribution in [2.75, 3.05) is 7.05 Å². The third-order valence-electron chi connectivity index (χ3n) is 4.61. The molecule has 0 saturated heterocycles. The van der Waals surface area contributed by atoms with E-state index in [4.69, 9.17) is 0 Å². The van der Waals surface area contributed by atoms with Gasteiger partial charge in [-0.1, -0.05) is 67.3 Å². The van der Waals surface area contributed by atoms with Crippen LogP contribution in [0.15, 0.2) is 73.3 Å². The zero-order valence-electron chi connectivity index (χ0n) is 14.1. The molecule has 0 aromatic heterocycles. The predicted molar refractivity (Wildman–Crippen MR) is 100 cm³/mol. The van der Waals surface area contributed by atoms with E-state index in [1.54, 1.807) is 0 Å². The van der Waals surface area contributed by atoms with Gasteiger partial charge in [-0.15, -0.1) is 0 Å². The molecule has 1 heterocycles. The lowest BCUT2D eigenvalue weighted by atomic mass is 9.92. The average Bonchev–Trinajstić information content (AvgIpc) is 2.56. The van der Waals surface area contributed by atoms with Crippen LogP contribution in [0.4, 0.5) is 0 Å². The van der Waals surface area contributed by atoms with Crippen molar-refractivity contribution >= 4 is 11.3 Å². The fourth-order valence-electron chi connectivity index (χ4n) is 3.23. The number of nitrogens with zero attached hydrogens (tertiary/aromatic N) is 1. The molecule has 2 aromatic carbocycles. The quantitative estimate of drug-likeness (QED) is 0.750. The molecule has 0 fully saturated rings. The summed E-state index contributed by atoms with van der Waals surface area (Å²) in [6.07, 6.45) is 6.55. The van der Waals surface area contributed by atoms with E-state index in [1.165, 1.54) is 28.0 Å². The van der Waals surface area contributed by atoms with Crippen molar-refractivity contribution in [2.45, 2.75) is 19.9 Å². The molecule has 23 heavy (non-hydrogen) atoms. The summed E-state index contributed by atoms with van der Waals surface area (Å²) in [5, 5.41) is 0. The number of hydrogen-bond acceptors (Lipinski definition) is 1. The Balaban J connectivity index is 1.94. The number of hydrogen-bond donors (Lipinski definition) is 0. The van der Waals surface area contributed by atoms with Gasteiger partial charge in [0, 0.05) is 18.3 Å². The third-order valence-corrected chi connectivity index (χ3v) is 4.61. The summed E-state index contributed by atoms with van der Waals surface area (Å²) < 4.78 is 0. The predicted octanol–water partition coefficient (Wildman–Crippen LogP) is 5.23. The summed E-state index contributed by atoms with van der Waals surface area (Å²) in [6.45, 7) is 8.69. The van der Waals surface area contributed by atoms with Gasteiger partial charge in [0.2, 0.25) is 0 Å². The van der Waals surface area contributed by atoms with Crippen molar-refractivity contribution in [1.82, 2.24) is 4.90 Å². The van der Waals surface area contributed by atoms with Crippen molar-refractivity contribution in [3.63, 3.8) is 0 Å². The van der Waals surface area contributed by atoms with Crippen LogP contribution in [0.2, 0.25) is 0 Å². The summed E-state index contributed by atoms with van der Waals surface area (Å²) in [7, 11) is 2.15. The minimum absolute atomic E-state index is 0.177. The summed E-state index contributed by atoms with van der Waals surface area (Å²) in [4.78, 5) is 2.32. The minimum atomic E-state index is 0.177. The molecular formula is C22H23N. The standard InChI is InChI=1S/C22H23N/c1-16-10-5-7-12-19(16)18(3)21-14-9-15-22(23(21)4)20-13-8-6-11-17(20)2/h5-15,21H,3H2,1-2,4H3. The van der Waals surface area contributed by atoms with Gasteiger partial charge in [-0.25, -0.2) is 0 Å². The maximum atomic E-state index is 4.39. The Labute approximate surface area is 139 Å². The van der Waals surface area contributed by atoms with Crippen LogP contribution in [0.5, 0.6) is 0 Å². The Morgan fingerprint density at radius 1 is 0.957 bits per heavy atom. The van der Waals surface area contributed by atoms with Gasteiger partial charge in [0.25, 0.3) is 0 Å². The molecule has 0 amide bonds. The van der Waals surface area contributed by atoms with E-state index in [1.807, 2.05) is 0 Å². The maximum absolute atomic E-state index is 4.39. The molecule has 1 unspecified atom stereocenters. The van der Waals surface area contributed by atoms with Crippen LogP contribution in [0.25, 0.3) is 11.3 Å². The maximum Gasteiger partial charge on any atom is 0.0726 e. The molecule has 2 aromatic rings. The van der Waals surface area contributed by atoms with Crippen molar-refractivity contribution < 1.29 is 0 Å². The number of aryl methyl sites for hydroxylation is 2. The van der Waals surface area contributed by atoms with E-state index in [0.717, 1.165) is 5.57 Å². The molecule has 1 heteroatoms. The lowest BCUT2D eigenvalue weighted by Gasteiger charge is -2.34. The molecule has 0 aliphatic carbocycles. The van der Waals surface area contributed by atoms with Crippen LogP contribution in [-0.2, 0) is 0 Å². The Bertz CT molecular complexity index is 795. The fraction of sp³-hybridized carbons (Fsp3) is 0.182. The van der Waals surface area contributed by atoms with Crippen LogP contribution < -0.4 is 0 Å². The summed E-state index contributed by atoms with van der Waals surface area (Å²) in [6, 6.07) is 17.2. The van der Waals surface area contributed by atoms with Gasteiger partial charge in [0.15, 0.2) is 0 Å². The number of likely N-dealkylation sites (N-methyl/N-ethyl adjacent to an activating group) is 1. The average molecular weight is 301 g/mol. The van der Waals surface area contributed by atoms with E-state index in [-0.39, 0.29) is 6.04 Å². The number of benzene rings is 2. The molecule has 0 spiro atoms. The second-order valence-electron chi connectivity index (χ2n) is 6.15. The number of rotatable bonds is 3. The molecule has 1 nitrogen and oxygen atoms in total. The molecule has 1 aliphatic rings. The summed E-state index contributed by atoms with van der Waals surface area (Å²) in [5.41, 5.74) is 7.46. The van der Waals surface area contributed by atoms with Crippen molar-refractivity contribution in [2.24, 2.45) is 0 Å². The van der Waals surface area contributed by atoms with E-state index in [2.05, 4.69) is 99.1 Å². The van der Waals surface area contributed by atoms with Crippen LogP contribution in [0.1, 0.15) is 22.3 Å².